The monoisotopic (exact) mass is 557 g/mol. The van der Waals surface area contributed by atoms with E-state index in [-0.39, 0.29) is 45.6 Å². The zero-order valence-corrected chi connectivity index (χ0v) is 24.4. The second-order valence-corrected chi connectivity index (χ2v) is 9.27. The van der Waals surface area contributed by atoms with Crippen LogP contribution in [0.25, 0.3) is 0 Å². The van der Waals surface area contributed by atoms with Gasteiger partial charge in [0.2, 0.25) is 0 Å². The van der Waals surface area contributed by atoms with Crippen LogP contribution in [0, 0.1) is 5.41 Å². The summed E-state index contributed by atoms with van der Waals surface area (Å²) in [4.78, 5) is 36.9. The van der Waals surface area contributed by atoms with Crippen LogP contribution >= 0.6 is 0 Å². The van der Waals surface area contributed by atoms with Crippen molar-refractivity contribution in [2.75, 3.05) is 79.1 Å². The van der Waals surface area contributed by atoms with Crippen LogP contribution in [0.1, 0.15) is 59.3 Å². The molecule has 0 aromatic carbocycles. The van der Waals surface area contributed by atoms with Gasteiger partial charge in [-0.15, -0.1) is 0 Å². The summed E-state index contributed by atoms with van der Waals surface area (Å²) in [6.45, 7) is 17.7. The number of carbonyl (C=O) groups is 3. The van der Waals surface area contributed by atoms with Gasteiger partial charge in [0.05, 0.1) is 46.1 Å². The Morgan fingerprint density at radius 1 is 0.667 bits per heavy atom. The van der Waals surface area contributed by atoms with Gasteiger partial charge in [-0.05, 0) is 32.4 Å². The molecule has 0 atom stereocenters. The fraction of sp³-hybridized carbons (Fsp3) is 0.759. The smallest absolute Gasteiger partial charge is 0.330 e. The summed E-state index contributed by atoms with van der Waals surface area (Å²) >= 11 is 0. The minimum Gasteiger partial charge on any atom is -0.463 e. The number of carbonyl (C=O) groups excluding carboxylic acids is 3. The molecule has 0 heterocycles. The minimum absolute atomic E-state index is 0.105. The van der Waals surface area contributed by atoms with Gasteiger partial charge in [-0.25, -0.2) is 9.59 Å². The van der Waals surface area contributed by atoms with E-state index in [1.54, 1.807) is 0 Å². The Bertz CT molecular complexity index is 646. The molecule has 10 nitrogen and oxygen atoms in total. The SMILES string of the molecule is C=CC(=O)OCCOCC(CC)(COCCOC(=O)C=C)COCCOC(=O)CCN(CCCC)CCCC. The lowest BCUT2D eigenvalue weighted by Crippen LogP contribution is -2.38. The Kier molecular flexibility index (Phi) is 23.3. The van der Waals surface area contributed by atoms with Crippen molar-refractivity contribution >= 4 is 17.9 Å². The Labute approximate surface area is 235 Å². The van der Waals surface area contributed by atoms with E-state index < -0.39 is 17.4 Å². The molecule has 39 heavy (non-hydrogen) atoms. The van der Waals surface area contributed by atoms with Crippen molar-refractivity contribution < 1.29 is 42.8 Å². The van der Waals surface area contributed by atoms with Crippen molar-refractivity contribution in [2.45, 2.75) is 59.3 Å². The molecule has 0 radical (unpaired) electrons. The van der Waals surface area contributed by atoms with Crippen molar-refractivity contribution in [3.63, 3.8) is 0 Å². The van der Waals surface area contributed by atoms with Crippen molar-refractivity contribution in [3.05, 3.63) is 25.3 Å². The molecule has 0 fully saturated rings. The van der Waals surface area contributed by atoms with E-state index in [2.05, 4.69) is 31.9 Å². The van der Waals surface area contributed by atoms with Crippen LogP contribution < -0.4 is 0 Å². The first-order valence-corrected chi connectivity index (χ1v) is 14.1. The number of hydrogen-bond donors (Lipinski definition) is 0. The average Bonchev–Trinajstić information content (AvgIpc) is 2.95. The Morgan fingerprint density at radius 2 is 1.10 bits per heavy atom. The van der Waals surface area contributed by atoms with Crippen molar-refractivity contribution in [2.24, 2.45) is 5.41 Å². The highest BCUT2D eigenvalue weighted by molar-refractivity contribution is 5.81. The molecule has 0 amide bonds. The molecular weight excluding hydrogens is 506 g/mol. The third-order valence-electron chi connectivity index (χ3n) is 6.03. The largest absolute Gasteiger partial charge is 0.463 e. The van der Waals surface area contributed by atoms with Crippen LogP contribution in [-0.2, 0) is 42.8 Å². The van der Waals surface area contributed by atoms with Gasteiger partial charge in [-0.1, -0.05) is 46.8 Å². The fourth-order valence-corrected chi connectivity index (χ4v) is 3.45. The molecule has 0 bridgehead atoms. The Balaban J connectivity index is 4.58. The highest BCUT2D eigenvalue weighted by atomic mass is 16.6. The number of ether oxygens (including phenoxy) is 6. The lowest BCUT2D eigenvalue weighted by molar-refractivity contribution is -0.146. The third-order valence-corrected chi connectivity index (χ3v) is 6.03. The Morgan fingerprint density at radius 3 is 1.49 bits per heavy atom. The van der Waals surface area contributed by atoms with Gasteiger partial charge in [-0.2, -0.15) is 0 Å². The van der Waals surface area contributed by atoms with E-state index in [4.69, 9.17) is 28.4 Å². The first-order chi connectivity index (χ1) is 18.9. The summed E-state index contributed by atoms with van der Waals surface area (Å²) in [6, 6.07) is 0. The van der Waals surface area contributed by atoms with Gasteiger partial charge in [0.1, 0.15) is 19.8 Å². The molecule has 0 spiro atoms. The molecule has 0 aromatic heterocycles. The molecule has 0 saturated heterocycles. The molecule has 0 N–H and O–H groups in total. The summed E-state index contributed by atoms with van der Waals surface area (Å²) < 4.78 is 32.6. The maximum atomic E-state index is 12.2. The van der Waals surface area contributed by atoms with E-state index in [0.29, 0.717) is 39.2 Å². The lowest BCUT2D eigenvalue weighted by atomic mass is 9.88. The van der Waals surface area contributed by atoms with Crippen LogP contribution in [0.15, 0.2) is 25.3 Å². The quantitative estimate of drug-likeness (QED) is 0.0641. The molecule has 226 valence electrons. The number of nitrogens with zero attached hydrogens (tertiary/aromatic N) is 1. The predicted octanol–water partition coefficient (Wildman–Crippen LogP) is 3.73. The summed E-state index contributed by atoms with van der Waals surface area (Å²) in [5, 5.41) is 0. The lowest BCUT2D eigenvalue weighted by Gasteiger charge is -2.32. The molecular formula is C29H51NO9. The number of rotatable bonds is 27. The zero-order chi connectivity index (χ0) is 29.2. The molecule has 0 aromatic rings. The zero-order valence-electron chi connectivity index (χ0n) is 24.4. The van der Waals surface area contributed by atoms with E-state index in [0.717, 1.165) is 50.9 Å². The molecule has 0 saturated carbocycles. The first-order valence-electron chi connectivity index (χ1n) is 14.1. The van der Waals surface area contributed by atoms with Gasteiger partial charge in [0.15, 0.2) is 0 Å². The fourth-order valence-electron chi connectivity index (χ4n) is 3.45. The first kappa shape index (κ1) is 36.7. The van der Waals surface area contributed by atoms with Gasteiger partial charge in [0.25, 0.3) is 0 Å². The summed E-state index contributed by atoms with van der Waals surface area (Å²) in [6.07, 6.45) is 7.74. The second-order valence-electron chi connectivity index (χ2n) is 9.27. The summed E-state index contributed by atoms with van der Waals surface area (Å²) in [7, 11) is 0. The number of unbranched alkanes of at least 4 members (excludes halogenated alkanes) is 2. The standard InChI is InChI=1S/C29H51NO9/c1-6-11-14-30(15-12-7-2)16-13-28(33)39-22-19-36-25-29(10-5,23-34-17-20-37-26(31)8-3)24-35-18-21-38-27(32)9-4/h8-9H,3-4,6-7,10-25H2,1-2,5H3. The van der Waals surface area contributed by atoms with Gasteiger partial charge in [-0.3, -0.25) is 4.79 Å². The van der Waals surface area contributed by atoms with Crippen molar-refractivity contribution in [3.8, 4) is 0 Å². The topological polar surface area (TPSA) is 110 Å². The summed E-state index contributed by atoms with van der Waals surface area (Å²) in [5.74, 6) is -1.25. The normalized spacial score (nSPS) is 11.3. The maximum absolute atomic E-state index is 12.2. The van der Waals surface area contributed by atoms with Gasteiger partial charge >= 0.3 is 17.9 Å². The van der Waals surface area contributed by atoms with E-state index in [9.17, 15) is 14.4 Å². The molecule has 0 unspecified atom stereocenters. The number of hydrogen-bond acceptors (Lipinski definition) is 10. The van der Waals surface area contributed by atoms with Crippen LogP contribution in [0.4, 0.5) is 0 Å². The average molecular weight is 558 g/mol. The minimum atomic E-state index is -0.509. The van der Waals surface area contributed by atoms with Crippen molar-refractivity contribution in [1.29, 1.82) is 0 Å². The highest BCUT2D eigenvalue weighted by Crippen LogP contribution is 2.24. The van der Waals surface area contributed by atoms with Crippen LogP contribution in [-0.4, -0.2) is 102 Å². The van der Waals surface area contributed by atoms with Gasteiger partial charge < -0.3 is 33.3 Å². The molecule has 0 rings (SSSR count). The Hall–Kier alpha value is -2.27. The van der Waals surface area contributed by atoms with E-state index in [1.165, 1.54) is 0 Å². The maximum Gasteiger partial charge on any atom is 0.330 e. The van der Waals surface area contributed by atoms with E-state index >= 15 is 0 Å². The number of esters is 3. The van der Waals surface area contributed by atoms with Gasteiger partial charge in [0, 0.05) is 24.1 Å². The van der Waals surface area contributed by atoms with Crippen molar-refractivity contribution in [1.82, 2.24) is 4.90 Å². The van der Waals surface area contributed by atoms with E-state index in [1.807, 2.05) is 6.92 Å². The molecule has 0 aliphatic carbocycles. The van der Waals surface area contributed by atoms with Crippen LogP contribution in [0.2, 0.25) is 0 Å². The summed E-state index contributed by atoms with van der Waals surface area (Å²) in [5.41, 5.74) is -0.492. The highest BCUT2D eigenvalue weighted by Gasteiger charge is 2.30. The molecule has 0 aliphatic heterocycles. The predicted molar refractivity (Wildman–Crippen MR) is 149 cm³/mol. The second kappa shape index (κ2) is 24.7. The molecule has 10 heteroatoms. The van der Waals surface area contributed by atoms with Crippen LogP contribution in [0.3, 0.4) is 0 Å². The third kappa shape index (κ3) is 20.3. The van der Waals surface area contributed by atoms with Crippen LogP contribution in [0.5, 0.6) is 0 Å². The molecule has 0 aliphatic rings.